The smallest absolute Gasteiger partial charge is 0.372 e. The van der Waals surface area contributed by atoms with E-state index in [1.807, 2.05) is 0 Å². The average molecular weight is 272 g/mol. The number of H-pyrrole nitrogens is 1. The maximum Gasteiger partial charge on any atom is 0.419 e. The van der Waals surface area contributed by atoms with Gasteiger partial charge in [0.05, 0.1) is 10.9 Å². The standard InChI is InChI=1S/C14H12N2O4/c1-9(17)15-7-3-2-4-10-5-6-12-11(8-10)13(18)20-14(19)16-12/h5-6,8H,3,7H2,1H3,(H,15,17)(H,16,19). The van der Waals surface area contributed by atoms with Crippen LogP contribution in [0.25, 0.3) is 10.9 Å². The number of benzene rings is 1. The summed E-state index contributed by atoms with van der Waals surface area (Å²) in [5.41, 5.74) is 0.361. The number of nitrogens with one attached hydrogen (secondary N) is 2. The molecule has 6 heteroatoms. The highest BCUT2D eigenvalue weighted by Crippen LogP contribution is 2.07. The van der Waals surface area contributed by atoms with E-state index in [-0.39, 0.29) is 11.3 Å². The lowest BCUT2D eigenvalue weighted by Crippen LogP contribution is -2.20. The summed E-state index contributed by atoms with van der Waals surface area (Å²) in [5, 5.41) is 2.91. The van der Waals surface area contributed by atoms with Gasteiger partial charge in [0.2, 0.25) is 5.91 Å². The van der Waals surface area contributed by atoms with Gasteiger partial charge in [0, 0.05) is 25.5 Å². The molecule has 6 nitrogen and oxygen atoms in total. The molecule has 0 spiro atoms. The lowest BCUT2D eigenvalue weighted by atomic mass is 10.1. The topological polar surface area (TPSA) is 92.2 Å². The van der Waals surface area contributed by atoms with Crippen LogP contribution in [0.4, 0.5) is 0 Å². The van der Waals surface area contributed by atoms with Crippen LogP contribution in [0.2, 0.25) is 0 Å². The van der Waals surface area contributed by atoms with Crippen LogP contribution in [0.1, 0.15) is 18.9 Å². The van der Waals surface area contributed by atoms with Crippen LogP contribution in [-0.2, 0) is 4.79 Å². The van der Waals surface area contributed by atoms with Crippen LogP contribution in [0, 0.1) is 11.8 Å². The molecule has 2 rings (SSSR count). The Morgan fingerprint density at radius 2 is 2.20 bits per heavy atom. The molecule has 1 aromatic heterocycles. The summed E-state index contributed by atoms with van der Waals surface area (Å²) in [6.45, 7) is 1.92. The van der Waals surface area contributed by atoms with Gasteiger partial charge in [-0.05, 0) is 18.2 Å². The van der Waals surface area contributed by atoms with Crippen LogP contribution in [0.3, 0.4) is 0 Å². The third kappa shape index (κ3) is 3.36. The fourth-order valence-corrected chi connectivity index (χ4v) is 1.64. The summed E-state index contributed by atoms with van der Waals surface area (Å²) in [6, 6.07) is 4.86. The molecule has 0 aliphatic rings. The molecule has 0 bridgehead atoms. The minimum Gasteiger partial charge on any atom is -0.372 e. The summed E-state index contributed by atoms with van der Waals surface area (Å²) in [6.07, 6.45) is 0.512. The Bertz CT molecular complexity index is 821. The van der Waals surface area contributed by atoms with E-state index >= 15 is 0 Å². The summed E-state index contributed by atoms with van der Waals surface area (Å²) < 4.78 is 4.45. The van der Waals surface area contributed by atoms with Crippen LogP contribution < -0.4 is 16.7 Å². The van der Waals surface area contributed by atoms with Gasteiger partial charge in [0.15, 0.2) is 0 Å². The third-order valence-corrected chi connectivity index (χ3v) is 2.52. The normalized spacial score (nSPS) is 9.85. The number of aromatic nitrogens is 1. The Hall–Kier alpha value is -2.81. The molecule has 0 radical (unpaired) electrons. The molecule has 2 N–H and O–H groups in total. The van der Waals surface area contributed by atoms with Crippen molar-refractivity contribution >= 4 is 16.8 Å². The number of aromatic amines is 1. The Labute approximate surface area is 113 Å². The summed E-state index contributed by atoms with van der Waals surface area (Å²) >= 11 is 0. The van der Waals surface area contributed by atoms with Gasteiger partial charge in [-0.1, -0.05) is 11.8 Å². The number of carbonyl (C=O) groups excluding carboxylic acids is 1. The maximum atomic E-state index is 11.5. The first-order valence-electron chi connectivity index (χ1n) is 5.97. The van der Waals surface area contributed by atoms with Crippen LogP contribution in [0.5, 0.6) is 0 Å². The van der Waals surface area contributed by atoms with Gasteiger partial charge in [-0.15, -0.1) is 0 Å². The lowest BCUT2D eigenvalue weighted by Gasteiger charge is -1.96. The van der Waals surface area contributed by atoms with Gasteiger partial charge in [-0.25, -0.2) is 9.59 Å². The van der Waals surface area contributed by atoms with E-state index in [1.54, 1.807) is 18.2 Å². The Morgan fingerprint density at radius 3 is 2.95 bits per heavy atom. The quantitative estimate of drug-likeness (QED) is 0.610. The first kappa shape index (κ1) is 13.6. The first-order chi connectivity index (χ1) is 9.56. The van der Waals surface area contributed by atoms with Crippen molar-refractivity contribution in [3.05, 3.63) is 44.7 Å². The summed E-state index contributed by atoms with van der Waals surface area (Å²) in [5.74, 6) is 4.88. The van der Waals surface area contributed by atoms with Crippen LogP contribution >= 0.6 is 0 Å². The van der Waals surface area contributed by atoms with Gasteiger partial charge in [-0.3, -0.25) is 9.78 Å². The largest absolute Gasteiger partial charge is 0.419 e. The molecule has 1 aromatic carbocycles. The predicted molar refractivity (Wildman–Crippen MR) is 73.3 cm³/mol. The highest BCUT2D eigenvalue weighted by Gasteiger charge is 2.02. The molecule has 0 aliphatic carbocycles. The molecular formula is C14H12N2O4. The molecule has 0 atom stereocenters. The second-order valence-electron chi connectivity index (χ2n) is 4.10. The Kier molecular flexibility index (Phi) is 4.01. The molecule has 0 fully saturated rings. The van der Waals surface area contributed by atoms with E-state index < -0.39 is 11.4 Å². The molecule has 20 heavy (non-hydrogen) atoms. The molecular weight excluding hydrogens is 260 g/mol. The van der Waals surface area contributed by atoms with E-state index in [4.69, 9.17) is 0 Å². The number of carbonyl (C=O) groups is 1. The highest BCUT2D eigenvalue weighted by atomic mass is 16.4. The van der Waals surface area contributed by atoms with Gasteiger partial charge in [0.1, 0.15) is 0 Å². The SMILES string of the molecule is CC(=O)NCCC#Cc1ccc2[nH]c(=O)oc(=O)c2c1. The maximum absolute atomic E-state index is 11.5. The number of rotatable bonds is 2. The van der Waals surface area contributed by atoms with Gasteiger partial charge < -0.3 is 9.73 Å². The second kappa shape index (κ2) is 5.89. The van der Waals surface area contributed by atoms with Gasteiger partial charge in [0.25, 0.3) is 0 Å². The fraction of sp³-hybridized carbons (Fsp3) is 0.214. The Balaban J connectivity index is 2.20. The van der Waals surface area contributed by atoms with Crippen LogP contribution in [0.15, 0.2) is 32.2 Å². The van der Waals surface area contributed by atoms with E-state index in [9.17, 15) is 14.4 Å². The van der Waals surface area contributed by atoms with Crippen molar-refractivity contribution in [2.75, 3.05) is 6.54 Å². The Morgan fingerprint density at radius 1 is 1.40 bits per heavy atom. The van der Waals surface area contributed by atoms with Crippen molar-refractivity contribution in [1.29, 1.82) is 0 Å². The number of fused-ring (bicyclic) bond motifs is 1. The molecule has 0 unspecified atom stereocenters. The van der Waals surface area contributed by atoms with E-state index in [2.05, 4.69) is 26.6 Å². The van der Waals surface area contributed by atoms with Crippen molar-refractivity contribution < 1.29 is 9.21 Å². The number of hydrogen-bond donors (Lipinski definition) is 2. The zero-order valence-electron chi connectivity index (χ0n) is 10.8. The molecule has 0 saturated carbocycles. The molecule has 2 aromatic rings. The van der Waals surface area contributed by atoms with Crippen molar-refractivity contribution in [1.82, 2.24) is 10.3 Å². The van der Waals surface area contributed by atoms with Crippen molar-refractivity contribution in [2.24, 2.45) is 0 Å². The monoisotopic (exact) mass is 272 g/mol. The molecule has 102 valence electrons. The average Bonchev–Trinajstić information content (AvgIpc) is 2.38. The number of amides is 1. The van der Waals surface area contributed by atoms with Crippen molar-refractivity contribution in [3.8, 4) is 11.8 Å². The molecule has 1 heterocycles. The van der Waals surface area contributed by atoms with E-state index in [1.165, 1.54) is 6.92 Å². The van der Waals surface area contributed by atoms with E-state index in [0.29, 0.717) is 24.0 Å². The third-order valence-electron chi connectivity index (χ3n) is 2.52. The summed E-state index contributed by atoms with van der Waals surface area (Å²) in [7, 11) is 0. The highest BCUT2D eigenvalue weighted by molar-refractivity contribution is 5.78. The summed E-state index contributed by atoms with van der Waals surface area (Å²) in [4.78, 5) is 35.6. The van der Waals surface area contributed by atoms with Crippen molar-refractivity contribution in [2.45, 2.75) is 13.3 Å². The van der Waals surface area contributed by atoms with Crippen LogP contribution in [-0.4, -0.2) is 17.4 Å². The molecule has 0 aliphatic heterocycles. The first-order valence-corrected chi connectivity index (χ1v) is 5.97. The predicted octanol–water partition coefficient (Wildman–Crippen LogP) is 0.359. The molecule has 0 saturated heterocycles. The van der Waals surface area contributed by atoms with Gasteiger partial charge in [-0.2, -0.15) is 0 Å². The zero-order chi connectivity index (χ0) is 14.5. The van der Waals surface area contributed by atoms with Gasteiger partial charge >= 0.3 is 11.4 Å². The van der Waals surface area contributed by atoms with E-state index in [0.717, 1.165) is 0 Å². The zero-order valence-corrected chi connectivity index (χ0v) is 10.8. The minimum atomic E-state index is -0.781. The lowest BCUT2D eigenvalue weighted by molar-refractivity contribution is -0.118. The fourth-order valence-electron chi connectivity index (χ4n) is 1.64. The second-order valence-corrected chi connectivity index (χ2v) is 4.10. The molecule has 1 amide bonds. The number of hydrogen-bond acceptors (Lipinski definition) is 4. The van der Waals surface area contributed by atoms with Crippen molar-refractivity contribution in [3.63, 3.8) is 0 Å². The minimum absolute atomic E-state index is 0.0981.